The average molecular weight is 269 g/mol. The van der Waals surface area contributed by atoms with E-state index < -0.39 is 5.82 Å². The van der Waals surface area contributed by atoms with Gasteiger partial charge >= 0.3 is 0 Å². The SMILES string of the molecule is Cn1cncc1C(Cc1cccc(F)c1Cl)NN. The van der Waals surface area contributed by atoms with Crippen LogP contribution in [0.1, 0.15) is 17.3 Å². The largest absolute Gasteiger partial charge is 0.336 e. The van der Waals surface area contributed by atoms with Gasteiger partial charge in [-0.3, -0.25) is 11.3 Å². The molecule has 0 bridgehead atoms. The molecule has 0 spiro atoms. The van der Waals surface area contributed by atoms with Crippen molar-refractivity contribution in [3.05, 3.63) is 52.8 Å². The molecule has 1 atom stereocenters. The fourth-order valence-corrected chi connectivity index (χ4v) is 2.08. The van der Waals surface area contributed by atoms with Crippen LogP contribution in [0.5, 0.6) is 0 Å². The molecule has 0 aliphatic carbocycles. The second kappa shape index (κ2) is 5.48. The molecule has 0 radical (unpaired) electrons. The molecule has 2 aromatic rings. The molecule has 6 heteroatoms. The van der Waals surface area contributed by atoms with Crippen molar-refractivity contribution in [1.29, 1.82) is 0 Å². The van der Waals surface area contributed by atoms with Crippen LogP contribution < -0.4 is 11.3 Å². The Balaban J connectivity index is 2.26. The Labute approximate surface area is 110 Å². The van der Waals surface area contributed by atoms with Crippen molar-refractivity contribution >= 4 is 11.6 Å². The van der Waals surface area contributed by atoms with E-state index >= 15 is 0 Å². The third kappa shape index (κ3) is 2.53. The molecule has 0 amide bonds. The molecular formula is C12H14ClFN4. The van der Waals surface area contributed by atoms with Gasteiger partial charge in [-0.25, -0.2) is 9.37 Å². The fraction of sp³-hybridized carbons (Fsp3) is 0.250. The molecule has 1 heterocycles. The molecule has 0 saturated carbocycles. The fourth-order valence-electron chi connectivity index (χ4n) is 1.88. The summed E-state index contributed by atoms with van der Waals surface area (Å²) in [5.74, 6) is 5.12. The van der Waals surface area contributed by atoms with Crippen LogP contribution in [0.25, 0.3) is 0 Å². The third-order valence-electron chi connectivity index (χ3n) is 2.87. The zero-order valence-electron chi connectivity index (χ0n) is 9.90. The van der Waals surface area contributed by atoms with E-state index in [0.29, 0.717) is 12.0 Å². The Kier molecular flexibility index (Phi) is 3.96. The van der Waals surface area contributed by atoms with Gasteiger partial charge in [0.15, 0.2) is 0 Å². The molecule has 0 aliphatic rings. The Morgan fingerprint density at radius 1 is 1.56 bits per heavy atom. The maximum Gasteiger partial charge on any atom is 0.142 e. The maximum absolute atomic E-state index is 13.4. The summed E-state index contributed by atoms with van der Waals surface area (Å²) in [6.45, 7) is 0. The van der Waals surface area contributed by atoms with Crippen molar-refractivity contribution in [1.82, 2.24) is 15.0 Å². The van der Waals surface area contributed by atoms with Gasteiger partial charge in [-0.2, -0.15) is 0 Å². The number of hydrazine groups is 1. The molecule has 2 rings (SSSR count). The van der Waals surface area contributed by atoms with E-state index in [1.807, 2.05) is 11.6 Å². The Morgan fingerprint density at radius 2 is 2.33 bits per heavy atom. The minimum Gasteiger partial charge on any atom is -0.336 e. The first-order valence-electron chi connectivity index (χ1n) is 5.48. The first-order valence-corrected chi connectivity index (χ1v) is 5.86. The lowest BCUT2D eigenvalue weighted by atomic mass is 10.0. The van der Waals surface area contributed by atoms with E-state index in [1.165, 1.54) is 6.07 Å². The van der Waals surface area contributed by atoms with Crippen LogP contribution in [0.15, 0.2) is 30.7 Å². The number of nitrogens with zero attached hydrogens (tertiary/aromatic N) is 2. The van der Waals surface area contributed by atoms with Crippen molar-refractivity contribution < 1.29 is 4.39 Å². The number of halogens is 2. The van der Waals surface area contributed by atoms with Crippen LogP contribution in [0.4, 0.5) is 4.39 Å². The van der Waals surface area contributed by atoms with E-state index in [4.69, 9.17) is 17.4 Å². The Hall–Kier alpha value is -1.43. The highest BCUT2D eigenvalue weighted by Crippen LogP contribution is 2.24. The highest BCUT2D eigenvalue weighted by atomic mass is 35.5. The highest BCUT2D eigenvalue weighted by molar-refractivity contribution is 6.31. The standard InChI is InChI=1S/C12H14ClFN4/c1-18-7-16-6-11(18)10(17-15)5-8-3-2-4-9(14)12(8)13/h2-4,6-7,10,17H,5,15H2,1H3. The van der Waals surface area contributed by atoms with Crippen molar-refractivity contribution in [3.8, 4) is 0 Å². The van der Waals surface area contributed by atoms with Crippen LogP contribution in [-0.2, 0) is 13.5 Å². The van der Waals surface area contributed by atoms with Gasteiger partial charge < -0.3 is 4.57 Å². The van der Waals surface area contributed by atoms with Crippen molar-refractivity contribution in [2.45, 2.75) is 12.5 Å². The summed E-state index contributed by atoms with van der Waals surface area (Å²) in [6, 6.07) is 4.58. The van der Waals surface area contributed by atoms with E-state index in [0.717, 1.165) is 5.69 Å². The van der Waals surface area contributed by atoms with Gasteiger partial charge in [-0.1, -0.05) is 23.7 Å². The molecule has 4 nitrogen and oxygen atoms in total. The van der Waals surface area contributed by atoms with Crippen LogP contribution in [-0.4, -0.2) is 9.55 Å². The summed E-state index contributed by atoms with van der Waals surface area (Å²) in [7, 11) is 1.87. The van der Waals surface area contributed by atoms with Gasteiger partial charge in [0.25, 0.3) is 0 Å². The minimum atomic E-state index is -0.421. The van der Waals surface area contributed by atoms with Gasteiger partial charge in [-0.15, -0.1) is 0 Å². The maximum atomic E-state index is 13.4. The molecule has 0 saturated heterocycles. The number of rotatable bonds is 4. The van der Waals surface area contributed by atoms with Crippen molar-refractivity contribution in [2.24, 2.45) is 12.9 Å². The number of benzene rings is 1. The predicted octanol–water partition coefficient (Wildman–Crippen LogP) is 1.96. The summed E-state index contributed by atoms with van der Waals surface area (Å²) in [5, 5.41) is 0.139. The molecular weight excluding hydrogens is 255 g/mol. The quantitative estimate of drug-likeness (QED) is 0.658. The summed E-state index contributed by atoms with van der Waals surface area (Å²) >= 11 is 5.93. The summed E-state index contributed by atoms with van der Waals surface area (Å²) in [6.07, 6.45) is 3.90. The molecule has 3 N–H and O–H groups in total. The lowest BCUT2D eigenvalue weighted by Gasteiger charge is -2.17. The highest BCUT2D eigenvalue weighted by Gasteiger charge is 2.16. The molecule has 18 heavy (non-hydrogen) atoms. The Morgan fingerprint density at radius 3 is 2.94 bits per heavy atom. The third-order valence-corrected chi connectivity index (χ3v) is 3.29. The van der Waals surface area contributed by atoms with Crippen LogP contribution in [0.3, 0.4) is 0 Å². The van der Waals surface area contributed by atoms with Crippen LogP contribution in [0.2, 0.25) is 5.02 Å². The number of hydrogen-bond donors (Lipinski definition) is 2. The van der Waals surface area contributed by atoms with Crippen molar-refractivity contribution in [2.75, 3.05) is 0 Å². The summed E-state index contributed by atoms with van der Waals surface area (Å²) in [4.78, 5) is 4.03. The topological polar surface area (TPSA) is 55.9 Å². The van der Waals surface area contributed by atoms with E-state index in [-0.39, 0.29) is 11.1 Å². The average Bonchev–Trinajstić information content (AvgIpc) is 2.77. The zero-order valence-corrected chi connectivity index (χ0v) is 10.7. The number of hydrogen-bond acceptors (Lipinski definition) is 3. The lowest BCUT2D eigenvalue weighted by molar-refractivity contribution is 0.520. The summed E-state index contributed by atoms with van der Waals surface area (Å²) < 4.78 is 15.2. The lowest BCUT2D eigenvalue weighted by Crippen LogP contribution is -2.31. The van der Waals surface area contributed by atoms with Crippen LogP contribution >= 0.6 is 11.6 Å². The minimum absolute atomic E-state index is 0.139. The van der Waals surface area contributed by atoms with Gasteiger partial charge in [0, 0.05) is 13.2 Å². The van der Waals surface area contributed by atoms with Gasteiger partial charge in [0.2, 0.25) is 0 Å². The van der Waals surface area contributed by atoms with E-state index in [1.54, 1.807) is 24.7 Å². The Bertz CT molecular complexity index is 541. The number of imidazole rings is 1. The number of nitrogens with two attached hydrogens (primary N) is 1. The molecule has 96 valence electrons. The van der Waals surface area contributed by atoms with Crippen molar-refractivity contribution in [3.63, 3.8) is 0 Å². The van der Waals surface area contributed by atoms with Gasteiger partial charge in [0.05, 0.1) is 23.1 Å². The normalized spacial score (nSPS) is 12.7. The smallest absolute Gasteiger partial charge is 0.142 e. The summed E-state index contributed by atoms with van der Waals surface area (Å²) in [5.41, 5.74) is 4.32. The van der Waals surface area contributed by atoms with Crippen LogP contribution in [0, 0.1) is 5.82 Å². The molecule has 1 unspecified atom stereocenters. The number of aryl methyl sites for hydroxylation is 1. The molecule has 0 fully saturated rings. The monoisotopic (exact) mass is 268 g/mol. The van der Waals surface area contributed by atoms with E-state index in [9.17, 15) is 4.39 Å². The second-order valence-corrected chi connectivity index (χ2v) is 4.44. The second-order valence-electron chi connectivity index (χ2n) is 4.07. The molecule has 0 aliphatic heterocycles. The molecule has 1 aromatic heterocycles. The number of nitrogens with one attached hydrogen (secondary N) is 1. The molecule has 1 aromatic carbocycles. The number of aromatic nitrogens is 2. The predicted molar refractivity (Wildman–Crippen MR) is 68.4 cm³/mol. The van der Waals surface area contributed by atoms with Gasteiger partial charge in [-0.05, 0) is 18.1 Å². The van der Waals surface area contributed by atoms with E-state index in [2.05, 4.69) is 10.4 Å². The first kappa shape index (κ1) is 13.0. The zero-order chi connectivity index (χ0) is 13.1. The van der Waals surface area contributed by atoms with Gasteiger partial charge in [0.1, 0.15) is 5.82 Å². The first-order chi connectivity index (χ1) is 8.63.